The molecule has 0 N–H and O–H groups in total. The van der Waals surface area contributed by atoms with Crippen LogP contribution in [0.2, 0.25) is 0 Å². The molecule has 0 spiro atoms. The van der Waals surface area contributed by atoms with Crippen molar-refractivity contribution < 1.29 is 47.7 Å². The van der Waals surface area contributed by atoms with Crippen LogP contribution in [0.5, 0.6) is 0 Å². The topological polar surface area (TPSA) is 0 Å². The molecule has 0 aliphatic heterocycles. The average molecular weight is 638 g/mol. The van der Waals surface area contributed by atoms with Crippen LogP contribution in [0.25, 0.3) is 12.2 Å². The van der Waals surface area contributed by atoms with Crippen LogP contribution in [-0.4, -0.2) is 12.3 Å². The van der Waals surface area contributed by atoms with E-state index in [1.165, 1.54) is 49.1 Å². The second-order valence-corrected chi connectivity index (χ2v) is 16.3. The van der Waals surface area contributed by atoms with E-state index in [2.05, 4.69) is 81.5 Å². The molecular formula is C27H33Cl2HfP. The summed E-state index contributed by atoms with van der Waals surface area (Å²) >= 11 is -0.995. The molecule has 2 aromatic rings. The van der Waals surface area contributed by atoms with Crippen LogP contribution in [0.4, 0.5) is 0 Å². The van der Waals surface area contributed by atoms with Crippen LogP contribution in [0.1, 0.15) is 76.1 Å². The van der Waals surface area contributed by atoms with Gasteiger partial charge in [0, 0.05) is 0 Å². The molecule has 0 fully saturated rings. The minimum absolute atomic E-state index is 0. The van der Waals surface area contributed by atoms with E-state index in [9.17, 15) is 0 Å². The van der Waals surface area contributed by atoms with E-state index in [-0.39, 0.29) is 32.7 Å². The SMILES string of the molecule is CCCCP(CCCC)C1=Cc2ccccc2[CH]1[Hf+2][CH]1C(C)=Cc2ccccc21.[Cl-].[Cl-]. The van der Waals surface area contributed by atoms with E-state index in [1.807, 2.05) is 5.31 Å². The molecule has 2 aromatic carbocycles. The van der Waals surface area contributed by atoms with Crippen LogP contribution in [0, 0.1) is 0 Å². The van der Waals surface area contributed by atoms with Crippen molar-refractivity contribution in [2.45, 2.75) is 53.8 Å². The first-order valence-electron chi connectivity index (χ1n) is 11.3. The Kier molecular flexibility index (Phi) is 11.2. The zero-order valence-corrected chi connectivity index (χ0v) is 24.9. The van der Waals surface area contributed by atoms with Gasteiger partial charge in [-0.1, -0.05) is 0 Å². The summed E-state index contributed by atoms with van der Waals surface area (Å²) in [6.45, 7) is 7.09. The largest absolute Gasteiger partial charge is 1.00 e. The normalized spacial score (nSPS) is 18.3. The standard InChI is InChI=1S/C17H24P.C10H9.2ClH.Hf/c1-3-5-11-18(12-6-4-2)17-13-15-9-7-8-10-16(15)14-17;1-8-6-9-4-2-3-5-10(9)7-8;;;/h7-10,13-14H,3-6,11-12H2,1-2H3;2-7H,1H3;2*1H;/q;;;;+2/p-2. The van der Waals surface area contributed by atoms with Crippen LogP contribution in [0.3, 0.4) is 0 Å². The van der Waals surface area contributed by atoms with Crippen molar-refractivity contribution in [1.29, 1.82) is 0 Å². The monoisotopic (exact) mass is 638 g/mol. The molecule has 0 saturated carbocycles. The van der Waals surface area contributed by atoms with E-state index in [1.54, 1.807) is 16.7 Å². The Balaban J connectivity index is 0.00000171. The molecule has 4 rings (SSSR count). The molecule has 2 atom stereocenters. The van der Waals surface area contributed by atoms with Gasteiger partial charge >= 0.3 is 191 Å². The molecule has 0 saturated heterocycles. The molecule has 0 radical (unpaired) electrons. The Morgan fingerprint density at radius 2 is 1.26 bits per heavy atom. The van der Waals surface area contributed by atoms with Crippen LogP contribution in [0.15, 0.2) is 59.4 Å². The molecule has 0 aromatic heterocycles. The van der Waals surface area contributed by atoms with Crippen molar-refractivity contribution in [3.63, 3.8) is 0 Å². The van der Waals surface area contributed by atoms with Crippen LogP contribution < -0.4 is 24.8 Å². The maximum absolute atomic E-state index is 2.64. The van der Waals surface area contributed by atoms with Crippen molar-refractivity contribution in [2.75, 3.05) is 12.3 Å². The summed E-state index contributed by atoms with van der Waals surface area (Å²) in [5.74, 6) is 0. The summed E-state index contributed by atoms with van der Waals surface area (Å²) in [7, 11) is 0.0293. The summed E-state index contributed by atoms with van der Waals surface area (Å²) in [5.41, 5.74) is 7.95. The van der Waals surface area contributed by atoms with Gasteiger partial charge in [0.1, 0.15) is 0 Å². The van der Waals surface area contributed by atoms with Gasteiger partial charge in [0.2, 0.25) is 0 Å². The van der Waals surface area contributed by atoms with E-state index < -0.39 is 22.9 Å². The molecule has 4 heteroatoms. The first-order valence-corrected chi connectivity index (χ1v) is 17.2. The van der Waals surface area contributed by atoms with Gasteiger partial charge in [-0.05, 0) is 0 Å². The Morgan fingerprint density at radius 3 is 1.84 bits per heavy atom. The third-order valence-electron chi connectivity index (χ3n) is 6.31. The summed E-state index contributed by atoms with van der Waals surface area (Å²) in [4.78, 5) is 0. The number of benzene rings is 2. The first kappa shape index (κ1) is 27.0. The van der Waals surface area contributed by atoms with Gasteiger partial charge in [-0.15, -0.1) is 0 Å². The van der Waals surface area contributed by atoms with Gasteiger partial charge in [-0.25, -0.2) is 0 Å². The molecular weight excluding hydrogens is 605 g/mol. The van der Waals surface area contributed by atoms with Crippen molar-refractivity contribution >= 4 is 20.1 Å². The Bertz CT molecular complexity index is 913. The third-order valence-corrected chi connectivity index (χ3v) is 17.4. The molecule has 0 heterocycles. The number of rotatable bonds is 9. The van der Waals surface area contributed by atoms with Gasteiger partial charge in [0.15, 0.2) is 0 Å². The van der Waals surface area contributed by atoms with E-state index in [0.717, 1.165) is 7.35 Å². The van der Waals surface area contributed by atoms with Crippen LogP contribution >= 0.6 is 7.92 Å². The summed E-state index contributed by atoms with van der Waals surface area (Å²) in [6.07, 6.45) is 13.5. The molecule has 2 aliphatic rings. The van der Waals surface area contributed by atoms with Crippen LogP contribution in [-0.2, 0) is 22.9 Å². The number of unbranched alkanes of at least 4 members (excludes halogenated alkanes) is 2. The van der Waals surface area contributed by atoms with Crippen molar-refractivity contribution in [2.24, 2.45) is 0 Å². The average Bonchev–Trinajstić information content (AvgIpc) is 3.26. The van der Waals surface area contributed by atoms with Crippen molar-refractivity contribution in [3.8, 4) is 0 Å². The second kappa shape index (κ2) is 12.9. The number of fused-ring (bicyclic) bond motifs is 2. The van der Waals surface area contributed by atoms with Gasteiger partial charge in [0.25, 0.3) is 0 Å². The summed E-state index contributed by atoms with van der Waals surface area (Å²) in [5, 5.41) is 1.88. The van der Waals surface area contributed by atoms with Crippen molar-refractivity contribution in [1.82, 2.24) is 0 Å². The zero-order chi connectivity index (χ0) is 20.2. The van der Waals surface area contributed by atoms with Gasteiger partial charge in [0.05, 0.1) is 0 Å². The Hall–Kier alpha value is -0.200. The fourth-order valence-electron chi connectivity index (χ4n) is 4.69. The van der Waals surface area contributed by atoms with E-state index in [0.29, 0.717) is 0 Å². The van der Waals surface area contributed by atoms with E-state index >= 15 is 0 Å². The zero-order valence-electron chi connectivity index (χ0n) is 18.9. The maximum atomic E-state index is 2.64. The number of allylic oxidation sites excluding steroid dienone is 2. The Morgan fingerprint density at radius 1 is 0.742 bits per heavy atom. The smallest absolute Gasteiger partial charge is 1.00 e. The Labute approximate surface area is 214 Å². The fourth-order valence-corrected chi connectivity index (χ4v) is 16.8. The quantitative estimate of drug-likeness (QED) is 0.293. The molecule has 164 valence electrons. The second-order valence-electron chi connectivity index (χ2n) is 8.44. The third kappa shape index (κ3) is 6.03. The maximum Gasteiger partial charge on any atom is -1.00 e. The minimum atomic E-state index is -0.995. The molecule has 0 bridgehead atoms. The molecule has 0 nitrogen and oxygen atoms in total. The molecule has 2 unspecified atom stereocenters. The number of hydrogen-bond donors (Lipinski definition) is 0. The molecule has 0 amide bonds. The molecule has 2 aliphatic carbocycles. The molecule has 31 heavy (non-hydrogen) atoms. The predicted molar refractivity (Wildman–Crippen MR) is 126 cm³/mol. The predicted octanol–water partition coefficient (Wildman–Crippen LogP) is 2.41. The fraction of sp³-hybridized carbons (Fsp3) is 0.407. The van der Waals surface area contributed by atoms with E-state index in [4.69, 9.17) is 0 Å². The number of hydrogen-bond acceptors (Lipinski definition) is 0. The summed E-state index contributed by atoms with van der Waals surface area (Å²) < 4.78 is 1.56. The number of halogens is 2. The summed E-state index contributed by atoms with van der Waals surface area (Å²) in [6, 6.07) is 18.5. The first-order chi connectivity index (χ1) is 14.2. The van der Waals surface area contributed by atoms with Gasteiger partial charge < -0.3 is 24.8 Å². The van der Waals surface area contributed by atoms with Gasteiger partial charge in [-0.3, -0.25) is 0 Å². The van der Waals surface area contributed by atoms with Crippen molar-refractivity contribution in [3.05, 3.63) is 81.7 Å². The van der Waals surface area contributed by atoms with Gasteiger partial charge in [-0.2, -0.15) is 0 Å². The minimum Gasteiger partial charge on any atom is -1.00 e.